The number of hydrogen-bond acceptors (Lipinski definition) is 1. The molecule has 0 aliphatic heterocycles. The average Bonchev–Trinajstić information content (AvgIpc) is 2.78. The first-order valence-corrected chi connectivity index (χ1v) is 14.9. The number of unbranched alkanes of at least 4 members (excludes halogenated alkanes) is 19. The van der Waals surface area contributed by atoms with Gasteiger partial charge in [0.1, 0.15) is 0 Å². The molecule has 0 unspecified atom stereocenters. The molecule has 0 aromatic heterocycles. The minimum atomic E-state index is 0. The van der Waals surface area contributed by atoms with Crippen molar-refractivity contribution in [1.29, 1.82) is 0 Å². The maximum atomic E-state index is 4.03. The lowest BCUT2D eigenvalue weighted by atomic mass is 9.93. The lowest BCUT2D eigenvalue weighted by molar-refractivity contribution is 0.120. The monoisotopic (exact) mass is 485 g/mol. The molecule has 2 heteroatoms. The second-order valence-corrected chi connectivity index (χ2v) is 11.0. The van der Waals surface area contributed by atoms with Gasteiger partial charge in [-0.3, -0.25) is 4.90 Å². The van der Waals surface area contributed by atoms with Gasteiger partial charge in [-0.15, -0.1) is 19.0 Å². The normalized spacial score (nSPS) is 11.7. The van der Waals surface area contributed by atoms with Gasteiger partial charge < -0.3 is 0 Å². The maximum absolute atomic E-state index is 4.03. The third-order valence-electron chi connectivity index (χ3n) is 7.38. The lowest BCUT2D eigenvalue weighted by Gasteiger charge is -2.38. The van der Waals surface area contributed by atoms with Gasteiger partial charge in [-0.05, 0) is 33.2 Å². The second kappa shape index (κ2) is 26.6. The van der Waals surface area contributed by atoms with Crippen LogP contribution in [0.4, 0.5) is 0 Å². The van der Waals surface area contributed by atoms with Crippen molar-refractivity contribution in [3.8, 4) is 0 Å². The molecule has 0 bridgehead atoms. The van der Waals surface area contributed by atoms with Crippen molar-refractivity contribution in [3.05, 3.63) is 12.7 Å². The van der Waals surface area contributed by atoms with E-state index in [0.29, 0.717) is 5.54 Å². The molecule has 0 heterocycles. The summed E-state index contributed by atoms with van der Waals surface area (Å²) >= 11 is 0. The van der Waals surface area contributed by atoms with E-state index in [1.54, 1.807) is 0 Å². The molecule has 0 spiro atoms. The van der Waals surface area contributed by atoms with Gasteiger partial charge in [0, 0.05) is 12.1 Å². The Kier molecular flexibility index (Phi) is 28.3. The fourth-order valence-corrected chi connectivity index (χ4v) is 4.97. The van der Waals surface area contributed by atoms with Gasteiger partial charge in [0.05, 0.1) is 0 Å². The van der Waals surface area contributed by atoms with Crippen molar-refractivity contribution in [2.24, 2.45) is 0 Å². The lowest BCUT2D eigenvalue weighted by Crippen LogP contribution is -2.44. The van der Waals surface area contributed by atoms with Crippen LogP contribution >= 0.6 is 12.4 Å². The van der Waals surface area contributed by atoms with Gasteiger partial charge in [-0.2, -0.15) is 0 Å². The molecule has 0 amide bonds. The van der Waals surface area contributed by atoms with Crippen molar-refractivity contribution in [1.82, 2.24) is 4.90 Å². The first-order chi connectivity index (χ1) is 15.6. The molecule has 0 saturated heterocycles. The summed E-state index contributed by atoms with van der Waals surface area (Å²) in [5.74, 6) is 0. The predicted molar refractivity (Wildman–Crippen MR) is 156 cm³/mol. The van der Waals surface area contributed by atoms with E-state index >= 15 is 0 Å². The zero-order chi connectivity index (χ0) is 23.8. The molecule has 0 fully saturated rings. The molecular formula is C31H64ClN. The van der Waals surface area contributed by atoms with Crippen molar-refractivity contribution in [2.75, 3.05) is 13.1 Å². The fraction of sp³-hybridized carbons (Fsp3) is 0.935. The Morgan fingerprint density at radius 3 is 1.24 bits per heavy atom. The molecular weight excluding hydrogens is 422 g/mol. The van der Waals surface area contributed by atoms with E-state index in [4.69, 9.17) is 0 Å². The summed E-state index contributed by atoms with van der Waals surface area (Å²) in [4.78, 5) is 2.70. The molecule has 1 nitrogen and oxygen atoms in total. The molecule has 33 heavy (non-hydrogen) atoms. The van der Waals surface area contributed by atoms with Gasteiger partial charge in [-0.25, -0.2) is 0 Å². The summed E-state index contributed by atoms with van der Waals surface area (Å²) in [6.07, 6.45) is 33.4. The Morgan fingerprint density at radius 1 is 0.545 bits per heavy atom. The summed E-state index contributed by atoms with van der Waals surface area (Å²) < 4.78 is 0. The van der Waals surface area contributed by atoms with E-state index < -0.39 is 0 Å². The quantitative estimate of drug-likeness (QED) is 0.0868. The zero-order valence-corrected chi connectivity index (χ0v) is 24.4. The summed E-state index contributed by atoms with van der Waals surface area (Å²) in [7, 11) is 0. The van der Waals surface area contributed by atoms with E-state index in [1.165, 1.54) is 148 Å². The Morgan fingerprint density at radius 2 is 0.879 bits per heavy atom. The first-order valence-electron chi connectivity index (χ1n) is 14.9. The Hall–Kier alpha value is -0.0100. The van der Waals surface area contributed by atoms with Crippen LogP contribution in [0.3, 0.4) is 0 Å². The van der Waals surface area contributed by atoms with Crippen molar-refractivity contribution in [2.45, 2.75) is 174 Å². The standard InChI is InChI=1S/C31H63N.ClH/c1-6-9-11-13-15-17-18-19-21-23-25-27-30-32(29-8-3)31(4,5)28-26-24-22-20-16-14-12-10-7-2;/h8H,3,6-7,9-30H2,1-2,4-5H3;1H. The van der Waals surface area contributed by atoms with Crippen LogP contribution in [0.1, 0.15) is 169 Å². The third-order valence-corrected chi connectivity index (χ3v) is 7.38. The number of nitrogens with zero attached hydrogens (tertiary/aromatic N) is 1. The average molecular weight is 486 g/mol. The summed E-state index contributed by atoms with van der Waals surface area (Å²) in [6.45, 7) is 15.8. The Bertz CT molecular complexity index is 379. The summed E-state index contributed by atoms with van der Waals surface area (Å²) in [6, 6.07) is 0. The minimum absolute atomic E-state index is 0. The van der Waals surface area contributed by atoms with Crippen molar-refractivity contribution >= 4 is 12.4 Å². The van der Waals surface area contributed by atoms with Gasteiger partial charge in [0.2, 0.25) is 0 Å². The summed E-state index contributed by atoms with van der Waals surface area (Å²) in [5, 5.41) is 0. The highest BCUT2D eigenvalue weighted by atomic mass is 35.5. The smallest absolute Gasteiger partial charge is 0.0165 e. The van der Waals surface area contributed by atoms with E-state index in [0.717, 1.165) is 6.54 Å². The number of rotatable bonds is 26. The molecule has 0 N–H and O–H groups in total. The molecule has 0 aromatic carbocycles. The van der Waals surface area contributed by atoms with Gasteiger partial charge in [0.25, 0.3) is 0 Å². The Labute approximate surface area is 217 Å². The Balaban J connectivity index is 0. The SMILES string of the molecule is C=CCN(CCCCCCCCCCCCCC)C(C)(C)CCCCCCCCCCC.Cl. The van der Waals surface area contributed by atoms with Crippen LogP contribution in [0.5, 0.6) is 0 Å². The van der Waals surface area contributed by atoms with Gasteiger partial charge >= 0.3 is 0 Å². The number of halogens is 1. The van der Waals surface area contributed by atoms with E-state index in [9.17, 15) is 0 Å². The highest BCUT2D eigenvalue weighted by Gasteiger charge is 2.24. The molecule has 0 rings (SSSR count). The van der Waals surface area contributed by atoms with Crippen LogP contribution < -0.4 is 0 Å². The second-order valence-electron chi connectivity index (χ2n) is 11.0. The molecule has 200 valence electrons. The third kappa shape index (κ3) is 23.5. The van der Waals surface area contributed by atoms with Crippen LogP contribution in [0.15, 0.2) is 12.7 Å². The van der Waals surface area contributed by atoms with E-state index in [-0.39, 0.29) is 12.4 Å². The zero-order valence-electron chi connectivity index (χ0n) is 23.6. The minimum Gasteiger partial charge on any atom is -0.295 e. The fourth-order valence-electron chi connectivity index (χ4n) is 4.97. The van der Waals surface area contributed by atoms with Crippen LogP contribution in [0, 0.1) is 0 Å². The summed E-state index contributed by atoms with van der Waals surface area (Å²) in [5.41, 5.74) is 0.313. The topological polar surface area (TPSA) is 3.24 Å². The largest absolute Gasteiger partial charge is 0.295 e. The van der Waals surface area contributed by atoms with E-state index in [1.807, 2.05) is 0 Å². The molecule has 0 aliphatic carbocycles. The predicted octanol–water partition coefficient (Wildman–Crippen LogP) is 11.3. The molecule has 0 atom stereocenters. The van der Waals surface area contributed by atoms with Gasteiger partial charge in [-0.1, -0.05) is 148 Å². The molecule has 0 aromatic rings. The molecule has 0 saturated carbocycles. The highest BCUT2D eigenvalue weighted by Crippen LogP contribution is 2.24. The maximum Gasteiger partial charge on any atom is 0.0165 e. The first kappa shape index (κ1) is 35.2. The van der Waals surface area contributed by atoms with E-state index in [2.05, 4.69) is 45.2 Å². The van der Waals surface area contributed by atoms with Crippen LogP contribution in [-0.4, -0.2) is 23.5 Å². The van der Waals surface area contributed by atoms with Crippen molar-refractivity contribution < 1.29 is 0 Å². The van der Waals surface area contributed by atoms with Crippen LogP contribution in [-0.2, 0) is 0 Å². The van der Waals surface area contributed by atoms with Gasteiger partial charge in [0.15, 0.2) is 0 Å². The highest BCUT2D eigenvalue weighted by molar-refractivity contribution is 5.85. The van der Waals surface area contributed by atoms with Crippen LogP contribution in [0.25, 0.3) is 0 Å². The van der Waals surface area contributed by atoms with Crippen LogP contribution in [0.2, 0.25) is 0 Å². The molecule has 0 aliphatic rings. The molecule has 0 radical (unpaired) electrons. The van der Waals surface area contributed by atoms with Crippen molar-refractivity contribution in [3.63, 3.8) is 0 Å². The number of hydrogen-bond donors (Lipinski definition) is 0.